The highest BCUT2D eigenvalue weighted by Crippen LogP contribution is 2.41. The summed E-state index contributed by atoms with van der Waals surface area (Å²) in [5.41, 5.74) is 4.44. The third-order valence-corrected chi connectivity index (χ3v) is 5.68. The Morgan fingerprint density at radius 3 is 2.67 bits per heavy atom. The van der Waals surface area contributed by atoms with E-state index in [1.165, 1.54) is 11.8 Å². The summed E-state index contributed by atoms with van der Waals surface area (Å²) in [5.74, 6) is 1.21. The molecule has 0 bridgehead atoms. The van der Waals surface area contributed by atoms with E-state index in [0.29, 0.717) is 16.7 Å². The summed E-state index contributed by atoms with van der Waals surface area (Å²) in [4.78, 5) is 6.85. The summed E-state index contributed by atoms with van der Waals surface area (Å²) in [6, 6.07) is 14.1. The van der Waals surface area contributed by atoms with Gasteiger partial charge >= 0.3 is 0 Å². The standard InChI is InChI=1S/C22H25N5O2S/c1-5-27(6-2)14-11-12-16(18(13-14)28-3)20-23-17-10-8-7-9-15(17)19-21(29-20)24-22(30-4)26-25-19/h7-13,20,23H,5-6H2,1-4H3/t20-/m1/s1. The maximum absolute atomic E-state index is 6.33. The highest BCUT2D eigenvalue weighted by atomic mass is 32.2. The Labute approximate surface area is 180 Å². The van der Waals surface area contributed by atoms with Crippen molar-refractivity contribution in [3.8, 4) is 22.9 Å². The molecular weight excluding hydrogens is 398 g/mol. The van der Waals surface area contributed by atoms with Gasteiger partial charge in [0.05, 0.1) is 12.7 Å². The predicted octanol–water partition coefficient (Wildman–Crippen LogP) is 4.62. The Kier molecular flexibility index (Phi) is 5.94. The second-order valence-corrected chi connectivity index (χ2v) is 7.51. The SMILES string of the molecule is CCN(CC)c1ccc([C@@H]2Nc3ccccc3-c3nnc(SC)nc3O2)c(OC)c1. The largest absolute Gasteiger partial charge is 0.496 e. The molecule has 1 atom stereocenters. The van der Waals surface area contributed by atoms with Crippen LogP contribution in [0.5, 0.6) is 11.6 Å². The van der Waals surface area contributed by atoms with E-state index < -0.39 is 6.23 Å². The first kappa shape index (κ1) is 20.3. The highest BCUT2D eigenvalue weighted by Gasteiger charge is 2.28. The Hall–Kier alpha value is -3.00. The van der Waals surface area contributed by atoms with Crippen molar-refractivity contribution in [1.29, 1.82) is 0 Å². The fourth-order valence-electron chi connectivity index (χ4n) is 3.58. The van der Waals surface area contributed by atoms with Crippen molar-refractivity contribution < 1.29 is 9.47 Å². The monoisotopic (exact) mass is 423 g/mol. The molecule has 1 aromatic heterocycles. The zero-order chi connectivity index (χ0) is 21.1. The summed E-state index contributed by atoms with van der Waals surface area (Å²) in [6.45, 7) is 6.14. The molecule has 1 N–H and O–H groups in total. The number of benzene rings is 2. The molecule has 2 aromatic carbocycles. The zero-order valence-corrected chi connectivity index (χ0v) is 18.4. The smallest absolute Gasteiger partial charge is 0.247 e. The van der Waals surface area contributed by atoms with Crippen molar-refractivity contribution in [3.63, 3.8) is 0 Å². The summed E-state index contributed by atoms with van der Waals surface area (Å²) in [6.07, 6.45) is 1.43. The van der Waals surface area contributed by atoms with E-state index in [1.54, 1.807) is 7.11 Å². The van der Waals surface area contributed by atoms with Crippen LogP contribution in [-0.2, 0) is 0 Å². The normalized spacial score (nSPS) is 14.6. The molecule has 0 saturated carbocycles. The van der Waals surface area contributed by atoms with Crippen LogP contribution in [0.2, 0.25) is 0 Å². The molecule has 0 radical (unpaired) electrons. The summed E-state index contributed by atoms with van der Waals surface area (Å²) >= 11 is 1.43. The van der Waals surface area contributed by atoms with Gasteiger partial charge < -0.3 is 19.7 Å². The third-order valence-electron chi connectivity index (χ3n) is 5.14. The number of rotatable bonds is 6. The van der Waals surface area contributed by atoms with Crippen LogP contribution >= 0.6 is 11.8 Å². The number of nitrogens with zero attached hydrogens (tertiary/aromatic N) is 4. The number of hydrogen-bond acceptors (Lipinski definition) is 8. The number of aromatic nitrogens is 3. The van der Waals surface area contributed by atoms with Crippen molar-refractivity contribution in [1.82, 2.24) is 15.2 Å². The summed E-state index contributed by atoms with van der Waals surface area (Å²) in [5, 5.41) is 12.6. The number of fused-ring (bicyclic) bond motifs is 3. The first-order valence-electron chi connectivity index (χ1n) is 9.92. The molecule has 7 nitrogen and oxygen atoms in total. The van der Waals surface area contributed by atoms with Crippen LogP contribution in [0.3, 0.4) is 0 Å². The minimum absolute atomic E-state index is 0.451. The molecule has 156 valence electrons. The molecule has 4 rings (SSSR count). The number of methoxy groups -OCH3 is 1. The fraction of sp³-hybridized carbons (Fsp3) is 0.318. The van der Waals surface area contributed by atoms with Crippen LogP contribution in [0, 0.1) is 0 Å². The van der Waals surface area contributed by atoms with Gasteiger partial charge in [-0.05, 0) is 38.3 Å². The highest BCUT2D eigenvalue weighted by molar-refractivity contribution is 7.98. The molecule has 0 amide bonds. The van der Waals surface area contributed by atoms with Gasteiger partial charge in [-0.2, -0.15) is 4.98 Å². The van der Waals surface area contributed by atoms with Crippen molar-refractivity contribution in [2.75, 3.05) is 36.7 Å². The van der Waals surface area contributed by atoms with Gasteiger partial charge in [-0.1, -0.05) is 30.0 Å². The number of nitrogens with one attached hydrogen (secondary N) is 1. The molecule has 2 heterocycles. The molecule has 1 aliphatic rings. The molecule has 0 unspecified atom stereocenters. The van der Waals surface area contributed by atoms with Crippen molar-refractivity contribution >= 4 is 23.1 Å². The second-order valence-electron chi connectivity index (χ2n) is 6.74. The van der Waals surface area contributed by atoms with E-state index in [4.69, 9.17) is 9.47 Å². The first-order chi connectivity index (χ1) is 14.7. The maximum atomic E-state index is 6.33. The van der Waals surface area contributed by atoms with Crippen LogP contribution in [0.25, 0.3) is 11.3 Å². The average Bonchev–Trinajstić information content (AvgIpc) is 2.96. The molecule has 0 fully saturated rings. The lowest BCUT2D eigenvalue weighted by Gasteiger charge is -2.25. The number of para-hydroxylation sites is 1. The van der Waals surface area contributed by atoms with E-state index in [0.717, 1.165) is 41.3 Å². The lowest BCUT2D eigenvalue weighted by molar-refractivity contribution is 0.220. The molecule has 1 aliphatic heterocycles. The van der Waals surface area contributed by atoms with Crippen LogP contribution in [-0.4, -0.2) is 41.6 Å². The number of anilines is 2. The summed E-state index contributed by atoms with van der Waals surface area (Å²) < 4.78 is 12.1. The summed E-state index contributed by atoms with van der Waals surface area (Å²) in [7, 11) is 1.68. The molecule has 30 heavy (non-hydrogen) atoms. The van der Waals surface area contributed by atoms with E-state index in [-0.39, 0.29) is 0 Å². The number of hydrogen-bond donors (Lipinski definition) is 1. The van der Waals surface area contributed by atoms with Gasteiger partial charge in [-0.3, -0.25) is 0 Å². The minimum Gasteiger partial charge on any atom is -0.496 e. The topological polar surface area (TPSA) is 72.4 Å². The Morgan fingerprint density at radius 1 is 1.13 bits per heavy atom. The molecule has 0 spiro atoms. The zero-order valence-electron chi connectivity index (χ0n) is 17.5. The van der Waals surface area contributed by atoms with E-state index >= 15 is 0 Å². The fourth-order valence-corrected chi connectivity index (χ4v) is 3.87. The quantitative estimate of drug-likeness (QED) is 0.576. The van der Waals surface area contributed by atoms with Gasteiger partial charge in [0.15, 0.2) is 5.69 Å². The van der Waals surface area contributed by atoms with Crippen LogP contribution in [0.15, 0.2) is 47.6 Å². The lowest BCUT2D eigenvalue weighted by atomic mass is 10.1. The van der Waals surface area contributed by atoms with E-state index in [2.05, 4.69) is 51.4 Å². The Bertz CT molecular complexity index is 1040. The van der Waals surface area contributed by atoms with Gasteiger partial charge in [0.25, 0.3) is 0 Å². The van der Waals surface area contributed by atoms with Crippen LogP contribution < -0.4 is 19.7 Å². The van der Waals surface area contributed by atoms with Gasteiger partial charge in [-0.25, -0.2) is 0 Å². The van der Waals surface area contributed by atoms with Crippen LogP contribution in [0.4, 0.5) is 11.4 Å². The van der Waals surface area contributed by atoms with Crippen molar-refractivity contribution in [3.05, 3.63) is 48.0 Å². The molecule has 0 saturated heterocycles. The van der Waals surface area contributed by atoms with Gasteiger partial charge in [0, 0.05) is 36.1 Å². The lowest BCUT2D eigenvalue weighted by Crippen LogP contribution is -2.22. The van der Waals surface area contributed by atoms with Gasteiger partial charge in [0.2, 0.25) is 17.3 Å². The van der Waals surface area contributed by atoms with E-state index in [1.807, 2.05) is 36.6 Å². The van der Waals surface area contributed by atoms with Crippen molar-refractivity contribution in [2.24, 2.45) is 0 Å². The molecule has 8 heteroatoms. The molecular formula is C22H25N5O2S. The minimum atomic E-state index is -0.487. The van der Waals surface area contributed by atoms with E-state index in [9.17, 15) is 0 Å². The number of thioether (sulfide) groups is 1. The Morgan fingerprint density at radius 2 is 1.93 bits per heavy atom. The van der Waals surface area contributed by atoms with Crippen LogP contribution in [0.1, 0.15) is 25.6 Å². The van der Waals surface area contributed by atoms with Crippen molar-refractivity contribution in [2.45, 2.75) is 25.2 Å². The number of ether oxygens (including phenoxy) is 2. The predicted molar refractivity (Wildman–Crippen MR) is 121 cm³/mol. The molecule has 0 aliphatic carbocycles. The van der Waals surface area contributed by atoms with Gasteiger partial charge in [0.1, 0.15) is 5.75 Å². The average molecular weight is 424 g/mol. The maximum Gasteiger partial charge on any atom is 0.247 e. The molecule has 3 aromatic rings. The second kappa shape index (κ2) is 8.79. The first-order valence-corrected chi connectivity index (χ1v) is 11.1. The Balaban J connectivity index is 1.80. The third kappa shape index (κ3) is 3.75. The van der Waals surface area contributed by atoms with Gasteiger partial charge in [-0.15, -0.1) is 10.2 Å².